The second-order valence-corrected chi connectivity index (χ2v) is 3.38. The molecular weight excluding hydrogens is 236 g/mol. The van der Waals surface area contributed by atoms with Gasteiger partial charge in [0, 0.05) is 16.9 Å². The lowest BCUT2D eigenvalue weighted by Crippen LogP contribution is -1.97. The van der Waals surface area contributed by atoms with E-state index in [9.17, 15) is 9.59 Å². The quantitative estimate of drug-likeness (QED) is 0.571. The SMILES string of the molecule is COC(=O)C#Cc1ccc2[nH]nc(C(=O)O)c2c1. The highest BCUT2D eigenvalue weighted by Gasteiger charge is 2.12. The number of carboxylic acid groups (broad SMARTS) is 1. The largest absolute Gasteiger partial charge is 0.476 e. The summed E-state index contributed by atoms with van der Waals surface area (Å²) in [7, 11) is 1.23. The van der Waals surface area contributed by atoms with Gasteiger partial charge >= 0.3 is 11.9 Å². The van der Waals surface area contributed by atoms with Crippen molar-refractivity contribution in [3.8, 4) is 11.8 Å². The number of carbonyl (C=O) groups is 2. The molecule has 0 unspecified atom stereocenters. The van der Waals surface area contributed by atoms with Crippen LogP contribution < -0.4 is 0 Å². The fourth-order valence-electron chi connectivity index (χ4n) is 1.43. The minimum absolute atomic E-state index is 0.0771. The molecule has 2 aromatic rings. The van der Waals surface area contributed by atoms with Crippen LogP contribution in [0.3, 0.4) is 0 Å². The van der Waals surface area contributed by atoms with Crippen molar-refractivity contribution in [1.29, 1.82) is 0 Å². The Labute approximate surface area is 102 Å². The van der Waals surface area contributed by atoms with Gasteiger partial charge < -0.3 is 9.84 Å². The molecular formula is C12H8N2O4. The number of carboxylic acids is 1. The molecule has 0 aliphatic rings. The highest BCUT2D eigenvalue weighted by atomic mass is 16.5. The molecule has 0 aliphatic carbocycles. The maximum atomic E-state index is 10.9. The zero-order valence-corrected chi connectivity index (χ0v) is 9.35. The predicted molar refractivity (Wildman–Crippen MR) is 61.9 cm³/mol. The number of methoxy groups -OCH3 is 1. The van der Waals surface area contributed by atoms with Crippen LogP contribution in [0.4, 0.5) is 0 Å². The number of nitrogens with one attached hydrogen (secondary N) is 1. The van der Waals surface area contributed by atoms with E-state index in [2.05, 4.69) is 26.8 Å². The number of aromatic nitrogens is 2. The first-order valence-corrected chi connectivity index (χ1v) is 4.93. The van der Waals surface area contributed by atoms with E-state index in [1.54, 1.807) is 18.2 Å². The third-order valence-corrected chi connectivity index (χ3v) is 2.26. The highest BCUT2D eigenvalue weighted by molar-refractivity contribution is 6.01. The molecule has 0 saturated heterocycles. The number of rotatable bonds is 1. The first-order valence-electron chi connectivity index (χ1n) is 4.93. The third kappa shape index (κ3) is 2.15. The first kappa shape index (κ1) is 11.7. The summed E-state index contributed by atoms with van der Waals surface area (Å²) < 4.78 is 4.38. The molecule has 6 nitrogen and oxygen atoms in total. The Morgan fingerprint density at radius 3 is 2.89 bits per heavy atom. The third-order valence-electron chi connectivity index (χ3n) is 2.26. The smallest absolute Gasteiger partial charge is 0.384 e. The van der Waals surface area contributed by atoms with Crippen LogP contribution in [0.1, 0.15) is 16.1 Å². The van der Waals surface area contributed by atoms with Crippen molar-refractivity contribution in [1.82, 2.24) is 10.2 Å². The molecule has 0 atom stereocenters. The lowest BCUT2D eigenvalue weighted by molar-refractivity contribution is -0.133. The number of aromatic carboxylic acids is 1. The maximum absolute atomic E-state index is 10.9. The molecule has 1 heterocycles. The highest BCUT2D eigenvalue weighted by Crippen LogP contribution is 2.17. The Hall–Kier alpha value is -2.81. The molecule has 0 aliphatic heterocycles. The second kappa shape index (κ2) is 4.59. The number of hydrogen-bond acceptors (Lipinski definition) is 4. The number of fused-ring (bicyclic) bond motifs is 1. The van der Waals surface area contributed by atoms with E-state index in [-0.39, 0.29) is 5.69 Å². The molecule has 1 aromatic carbocycles. The number of benzene rings is 1. The van der Waals surface area contributed by atoms with Crippen molar-refractivity contribution < 1.29 is 19.4 Å². The van der Waals surface area contributed by atoms with Gasteiger partial charge in [0.25, 0.3) is 0 Å². The summed E-state index contributed by atoms with van der Waals surface area (Å²) in [5.41, 5.74) is 1.03. The molecule has 6 heteroatoms. The molecule has 1 aromatic heterocycles. The molecule has 2 N–H and O–H groups in total. The number of ether oxygens (including phenoxy) is 1. The van der Waals surface area contributed by atoms with Crippen molar-refractivity contribution >= 4 is 22.8 Å². The van der Waals surface area contributed by atoms with Gasteiger partial charge in [0.1, 0.15) is 0 Å². The van der Waals surface area contributed by atoms with Crippen molar-refractivity contribution in [3.05, 3.63) is 29.5 Å². The van der Waals surface area contributed by atoms with E-state index in [0.717, 1.165) is 0 Å². The van der Waals surface area contributed by atoms with Gasteiger partial charge in [-0.2, -0.15) is 5.10 Å². The number of carbonyl (C=O) groups excluding carboxylic acids is 1. The molecule has 0 amide bonds. The number of H-pyrrole nitrogens is 1. The number of nitrogens with zero attached hydrogens (tertiary/aromatic N) is 1. The zero-order valence-electron chi connectivity index (χ0n) is 9.35. The maximum Gasteiger partial charge on any atom is 0.384 e. The van der Waals surface area contributed by atoms with Crippen LogP contribution in [-0.2, 0) is 9.53 Å². The molecule has 0 spiro atoms. The van der Waals surface area contributed by atoms with Gasteiger partial charge in [-0.1, -0.05) is 5.92 Å². The summed E-state index contributed by atoms with van der Waals surface area (Å²) in [6, 6.07) is 4.86. The summed E-state index contributed by atoms with van der Waals surface area (Å²) >= 11 is 0. The summed E-state index contributed by atoms with van der Waals surface area (Å²) in [5.74, 6) is 3.07. The van der Waals surface area contributed by atoms with Crippen LogP contribution in [0.25, 0.3) is 10.9 Å². The van der Waals surface area contributed by atoms with Crippen LogP contribution in [0.5, 0.6) is 0 Å². The number of esters is 1. The van der Waals surface area contributed by atoms with Gasteiger partial charge in [-0.05, 0) is 18.2 Å². The molecule has 0 radical (unpaired) electrons. The van der Waals surface area contributed by atoms with E-state index in [4.69, 9.17) is 5.11 Å². The van der Waals surface area contributed by atoms with Gasteiger partial charge in [-0.15, -0.1) is 0 Å². The first-order chi connectivity index (χ1) is 8.61. The monoisotopic (exact) mass is 244 g/mol. The molecule has 0 bridgehead atoms. The predicted octanol–water partition coefficient (Wildman–Crippen LogP) is 0.786. The van der Waals surface area contributed by atoms with Gasteiger partial charge in [-0.25, -0.2) is 9.59 Å². The summed E-state index contributed by atoms with van der Waals surface area (Å²) in [4.78, 5) is 21.8. The van der Waals surface area contributed by atoms with Crippen LogP contribution in [0.2, 0.25) is 0 Å². The Balaban J connectivity index is 2.48. The van der Waals surface area contributed by atoms with Crippen LogP contribution in [-0.4, -0.2) is 34.4 Å². The fourth-order valence-corrected chi connectivity index (χ4v) is 1.43. The number of aromatic amines is 1. The molecule has 2 rings (SSSR count). The Kier molecular flexibility index (Phi) is 2.98. The summed E-state index contributed by atoms with van der Waals surface area (Å²) in [5, 5.41) is 15.7. The minimum Gasteiger partial charge on any atom is -0.476 e. The van der Waals surface area contributed by atoms with Crippen LogP contribution in [0.15, 0.2) is 18.2 Å². The Morgan fingerprint density at radius 1 is 1.44 bits per heavy atom. The topological polar surface area (TPSA) is 92.3 Å². The molecule has 0 fully saturated rings. The normalized spacial score (nSPS) is 9.61. The van der Waals surface area contributed by atoms with Crippen molar-refractivity contribution in [2.45, 2.75) is 0 Å². The van der Waals surface area contributed by atoms with E-state index in [1.807, 2.05) is 0 Å². The van der Waals surface area contributed by atoms with E-state index >= 15 is 0 Å². The number of hydrogen-bond donors (Lipinski definition) is 2. The fraction of sp³-hybridized carbons (Fsp3) is 0.0833. The zero-order chi connectivity index (χ0) is 13.1. The van der Waals surface area contributed by atoms with E-state index in [1.165, 1.54) is 7.11 Å². The Morgan fingerprint density at radius 2 is 2.22 bits per heavy atom. The van der Waals surface area contributed by atoms with Crippen molar-refractivity contribution in [2.24, 2.45) is 0 Å². The van der Waals surface area contributed by atoms with Crippen molar-refractivity contribution in [2.75, 3.05) is 7.11 Å². The van der Waals surface area contributed by atoms with Crippen molar-refractivity contribution in [3.63, 3.8) is 0 Å². The van der Waals surface area contributed by atoms with Crippen LogP contribution in [0, 0.1) is 11.8 Å². The van der Waals surface area contributed by atoms with Gasteiger partial charge in [-0.3, -0.25) is 5.10 Å². The molecule has 90 valence electrons. The standard InChI is InChI=1S/C12H8N2O4/c1-18-10(15)5-3-7-2-4-9-8(6-7)11(12(16)17)14-13-9/h2,4,6H,1H3,(H,13,14)(H,16,17). The summed E-state index contributed by atoms with van der Waals surface area (Å²) in [6.07, 6.45) is 0. The second-order valence-electron chi connectivity index (χ2n) is 3.38. The Bertz CT molecular complexity index is 691. The van der Waals surface area contributed by atoms with E-state index < -0.39 is 11.9 Å². The lowest BCUT2D eigenvalue weighted by Gasteiger charge is -1.92. The van der Waals surface area contributed by atoms with Gasteiger partial charge in [0.05, 0.1) is 12.6 Å². The van der Waals surface area contributed by atoms with Crippen LogP contribution >= 0.6 is 0 Å². The molecule has 0 saturated carbocycles. The van der Waals surface area contributed by atoms with Gasteiger partial charge in [0.2, 0.25) is 0 Å². The average Bonchev–Trinajstić information content (AvgIpc) is 2.78. The summed E-state index contributed by atoms with van der Waals surface area (Å²) in [6.45, 7) is 0. The van der Waals surface area contributed by atoms with E-state index in [0.29, 0.717) is 16.5 Å². The average molecular weight is 244 g/mol. The van der Waals surface area contributed by atoms with Gasteiger partial charge in [0.15, 0.2) is 5.69 Å². The lowest BCUT2D eigenvalue weighted by atomic mass is 10.1. The molecule has 18 heavy (non-hydrogen) atoms. The minimum atomic E-state index is -1.13.